The number of nitrogens with zero attached hydrogens (tertiary/aromatic N) is 1. The van der Waals surface area contributed by atoms with Gasteiger partial charge in [0.2, 0.25) is 5.91 Å². The van der Waals surface area contributed by atoms with E-state index in [1.54, 1.807) is 6.08 Å². The fourth-order valence-electron chi connectivity index (χ4n) is 2.28. The number of carbonyl (C=O) groups is 1. The number of piperidine rings is 1. The van der Waals surface area contributed by atoms with Crippen LogP contribution in [0, 0.1) is 0 Å². The van der Waals surface area contributed by atoms with Crippen LogP contribution in [0.5, 0.6) is 0 Å². The second-order valence-corrected chi connectivity index (χ2v) is 4.48. The first kappa shape index (κ1) is 12.5. The van der Waals surface area contributed by atoms with Gasteiger partial charge < -0.3 is 14.8 Å². The van der Waals surface area contributed by atoms with Crippen molar-refractivity contribution in [2.24, 2.45) is 0 Å². The first-order valence-corrected chi connectivity index (χ1v) is 6.12. The minimum Gasteiger partial charge on any atom is -0.352 e. The fraction of sp³-hybridized carbons (Fsp3) is 0.750. The molecule has 1 amide bonds. The van der Waals surface area contributed by atoms with Gasteiger partial charge in [0.15, 0.2) is 5.79 Å². The lowest BCUT2D eigenvalue weighted by atomic mass is 10.0. The summed E-state index contributed by atoms with van der Waals surface area (Å²) in [4.78, 5) is 13.7. The van der Waals surface area contributed by atoms with Gasteiger partial charge in [0.25, 0.3) is 0 Å². The van der Waals surface area contributed by atoms with E-state index in [1.165, 1.54) is 0 Å². The van der Waals surface area contributed by atoms with E-state index in [1.807, 2.05) is 0 Å². The minimum absolute atomic E-state index is 0.0501. The van der Waals surface area contributed by atoms with E-state index < -0.39 is 0 Å². The lowest BCUT2D eigenvalue weighted by Crippen LogP contribution is -2.48. The molecule has 0 aliphatic carbocycles. The number of nitrogens with one attached hydrogen (secondary N) is 1. The van der Waals surface area contributed by atoms with Gasteiger partial charge in [-0.3, -0.25) is 9.69 Å². The molecule has 96 valence electrons. The van der Waals surface area contributed by atoms with Crippen LogP contribution < -0.4 is 5.32 Å². The summed E-state index contributed by atoms with van der Waals surface area (Å²) in [6.07, 6.45) is 3.38. The quantitative estimate of drug-likeness (QED) is 0.710. The summed E-state index contributed by atoms with van der Waals surface area (Å²) in [5.41, 5.74) is 0. The van der Waals surface area contributed by atoms with Crippen molar-refractivity contribution in [2.45, 2.75) is 18.6 Å². The van der Waals surface area contributed by atoms with Crippen LogP contribution in [0.4, 0.5) is 0 Å². The maximum atomic E-state index is 11.5. The van der Waals surface area contributed by atoms with Crippen molar-refractivity contribution in [1.29, 1.82) is 0 Å². The third-order valence-corrected chi connectivity index (χ3v) is 3.24. The monoisotopic (exact) mass is 240 g/mol. The summed E-state index contributed by atoms with van der Waals surface area (Å²) in [7, 11) is 0. The first-order chi connectivity index (χ1) is 8.24. The normalized spacial score (nSPS) is 23.8. The number of carbonyl (C=O) groups excluding carboxylic acids is 1. The van der Waals surface area contributed by atoms with E-state index in [4.69, 9.17) is 9.47 Å². The van der Waals surface area contributed by atoms with Crippen molar-refractivity contribution in [3.8, 4) is 0 Å². The Morgan fingerprint density at radius 3 is 2.59 bits per heavy atom. The fourth-order valence-corrected chi connectivity index (χ4v) is 2.28. The van der Waals surface area contributed by atoms with E-state index in [2.05, 4.69) is 16.8 Å². The third kappa shape index (κ3) is 3.28. The Balaban J connectivity index is 1.71. The first-order valence-electron chi connectivity index (χ1n) is 6.12. The Kier molecular flexibility index (Phi) is 4.15. The Morgan fingerprint density at radius 1 is 1.35 bits per heavy atom. The van der Waals surface area contributed by atoms with Crippen LogP contribution in [0.1, 0.15) is 12.8 Å². The van der Waals surface area contributed by atoms with Crippen LogP contribution in [0.2, 0.25) is 0 Å². The van der Waals surface area contributed by atoms with Crippen LogP contribution in [0.15, 0.2) is 12.7 Å². The summed E-state index contributed by atoms with van der Waals surface area (Å²) in [5, 5.41) is 2.78. The molecular formula is C12H20N2O3. The maximum absolute atomic E-state index is 11.5. The average molecular weight is 240 g/mol. The molecule has 0 atom stereocenters. The van der Waals surface area contributed by atoms with Gasteiger partial charge in [0.05, 0.1) is 19.8 Å². The van der Waals surface area contributed by atoms with E-state index >= 15 is 0 Å². The largest absolute Gasteiger partial charge is 0.352 e. The molecule has 2 fully saturated rings. The van der Waals surface area contributed by atoms with Gasteiger partial charge >= 0.3 is 0 Å². The summed E-state index contributed by atoms with van der Waals surface area (Å²) < 4.78 is 11.3. The molecule has 0 radical (unpaired) electrons. The summed E-state index contributed by atoms with van der Waals surface area (Å²) in [5.74, 6) is -0.303. The molecule has 0 saturated carbocycles. The molecule has 1 spiro atoms. The predicted octanol–water partition coefficient (Wildman–Crippen LogP) is 0.128. The molecule has 0 aromatic rings. The Labute approximate surface area is 102 Å². The molecule has 2 rings (SSSR count). The van der Waals surface area contributed by atoms with Gasteiger partial charge in [-0.2, -0.15) is 0 Å². The molecule has 2 heterocycles. The molecule has 0 unspecified atom stereocenters. The molecule has 2 aliphatic rings. The molecule has 2 saturated heterocycles. The Morgan fingerprint density at radius 2 is 2.00 bits per heavy atom. The number of rotatable bonds is 4. The van der Waals surface area contributed by atoms with Crippen molar-refractivity contribution >= 4 is 5.91 Å². The zero-order valence-electron chi connectivity index (χ0n) is 10.1. The van der Waals surface area contributed by atoms with Crippen molar-refractivity contribution < 1.29 is 14.3 Å². The highest BCUT2D eigenvalue weighted by molar-refractivity contribution is 5.78. The van der Waals surface area contributed by atoms with E-state index in [-0.39, 0.29) is 11.7 Å². The summed E-state index contributed by atoms with van der Waals surface area (Å²) >= 11 is 0. The maximum Gasteiger partial charge on any atom is 0.234 e. The summed E-state index contributed by atoms with van der Waals surface area (Å²) in [6.45, 7) is 7.63. The van der Waals surface area contributed by atoms with Crippen LogP contribution in [0.25, 0.3) is 0 Å². The van der Waals surface area contributed by atoms with Gasteiger partial charge in [-0.1, -0.05) is 6.08 Å². The number of ether oxygens (including phenoxy) is 2. The lowest BCUT2D eigenvalue weighted by Gasteiger charge is -2.37. The average Bonchev–Trinajstić information content (AvgIpc) is 2.79. The smallest absolute Gasteiger partial charge is 0.234 e. The van der Waals surface area contributed by atoms with E-state index in [0.29, 0.717) is 26.3 Å². The molecule has 0 bridgehead atoms. The second-order valence-electron chi connectivity index (χ2n) is 4.48. The SMILES string of the molecule is C=CCNC(=O)CN1CCC2(CC1)OCCO2. The van der Waals surface area contributed by atoms with Gasteiger partial charge in [-0.05, 0) is 0 Å². The zero-order valence-corrected chi connectivity index (χ0v) is 10.1. The van der Waals surface area contributed by atoms with E-state index in [0.717, 1.165) is 25.9 Å². The van der Waals surface area contributed by atoms with Crippen LogP contribution in [0.3, 0.4) is 0 Å². The van der Waals surface area contributed by atoms with Gasteiger partial charge in [-0.15, -0.1) is 6.58 Å². The van der Waals surface area contributed by atoms with Crippen LogP contribution in [-0.4, -0.2) is 56.0 Å². The lowest BCUT2D eigenvalue weighted by molar-refractivity contribution is -0.185. The van der Waals surface area contributed by atoms with Crippen molar-refractivity contribution in [3.05, 3.63) is 12.7 Å². The zero-order chi connectivity index (χ0) is 12.1. The Bertz CT molecular complexity index is 277. The summed E-state index contributed by atoms with van der Waals surface area (Å²) in [6, 6.07) is 0. The highest BCUT2D eigenvalue weighted by Gasteiger charge is 2.39. The molecule has 2 aliphatic heterocycles. The van der Waals surface area contributed by atoms with Crippen LogP contribution >= 0.6 is 0 Å². The van der Waals surface area contributed by atoms with Crippen molar-refractivity contribution in [1.82, 2.24) is 10.2 Å². The minimum atomic E-state index is -0.353. The van der Waals surface area contributed by atoms with Gasteiger partial charge in [0.1, 0.15) is 0 Å². The number of likely N-dealkylation sites (tertiary alicyclic amines) is 1. The van der Waals surface area contributed by atoms with Crippen molar-refractivity contribution in [2.75, 3.05) is 39.4 Å². The van der Waals surface area contributed by atoms with Gasteiger partial charge in [-0.25, -0.2) is 0 Å². The number of hydrogen-bond acceptors (Lipinski definition) is 4. The predicted molar refractivity (Wildman–Crippen MR) is 63.5 cm³/mol. The Hall–Kier alpha value is -0.910. The van der Waals surface area contributed by atoms with E-state index in [9.17, 15) is 4.79 Å². The molecule has 5 heteroatoms. The highest BCUT2D eigenvalue weighted by atomic mass is 16.7. The van der Waals surface area contributed by atoms with Crippen LogP contribution in [-0.2, 0) is 14.3 Å². The number of hydrogen-bond donors (Lipinski definition) is 1. The number of amides is 1. The van der Waals surface area contributed by atoms with Gasteiger partial charge in [0, 0.05) is 32.5 Å². The molecular weight excluding hydrogens is 220 g/mol. The molecule has 17 heavy (non-hydrogen) atoms. The second kappa shape index (κ2) is 5.62. The molecule has 0 aromatic carbocycles. The highest BCUT2D eigenvalue weighted by Crippen LogP contribution is 2.30. The molecule has 0 aromatic heterocycles. The standard InChI is InChI=1S/C12H20N2O3/c1-2-5-13-11(15)10-14-6-3-12(4-7-14)16-8-9-17-12/h2H,1,3-10H2,(H,13,15). The van der Waals surface area contributed by atoms with Crippen molar-refractivity contribution in [3.63, 3.8) is 0 Å². The molecule has 5 nitrogen and oxygen atoms in total. The topological polar surface area (TPSA) is 50.8 Å². The molecule has 1 N–H and O–H groups in total. The third-order valence-electron chi connectivity index (χ3n) is 3.24.